The van der Waals surface area contributed by atoms with E-state index in [1.807, 2.05) is 0 Å². The standard InChI is InChI=1S/C12H18FNO3S/c1-16-4-5-17-7-10(15)8-18-12-6-9(13)2-3-11(12)14/h2-3,6,10,15H,4-5,7-8,14H2,1H3. The van der Waals surface area contributed by atoms with Crippen LogP contribution in [0.2, 0.25) is 0 Å². The van der Waals surface area contributed by atoms with Crippen molar-refractivity contribution in [2.75, 3.05) is 38.4 Å². The molecule has 1 atom stereocenters. The summed E-state index contributed by atoms with van der Waals surface area (Å²) >= 11 is 1.31. The number of methoxy groups -OCH3 is 1. The Morgan fingerprint density at radius 1 is 1.44 bits per heavy atom. The van der Waals surface area contributed by atoms with Crippen molar-refractivity contribution in [2.45, 2.75) is 11.0 Å². The van der Waals surface area contributed by atoms with E-state index in [4.69, 9.17) is 15.2 Å². The number of hydrogen-bond acceptors (Lipinski definition) is 5. The molecule has 1 aromatic carbocycles. The van der Waals surface area contributed by atoms with Gasteiger partial charge in [-0.05, 0) is 18.2 Å². The molecule has 0 saturated heterocycles. The van der Waals surface area contributed by atoms with Crippen LogP contribution in [0, 0.1) is 5.82 Å². The van der Waals surface area contributed by atoms with Gasteiger partial charge in [-0.2, -0.15) is 0 Å². The van der Waals surface area contributed by atoms with Crippen molar-refractivity contribution < 1.29 is 19.0 Å². The number of aliphatic hydroxyl groups is 1. The average molecular weight is 275 g/mol. The summed E-state index contributed by atoms with van der Waals surface area (Å²) in [5.41, 5.74) is 6.21. The van der Waals surface area contributed by atoms with Gasteiger partial charge in [0.15, 0.2) is 0 Å². The van der Waals surface area contributed by atoms with Gasteiger partial charge in [-0.1, -0.05) is 0 Å². The minimum absolute atomic E-state index is 0.228. The molecule has 0 radical (unpaired) electrons. The molecule has 0 aliphatic rings. The van der Waals surface area contributed by atoms with Gasteiger partial charge < -0.3 is 20.3 Å². The molecule has 0 aliphatic carbocycles. The average Bonchev–Trinajstić information content (AvgIpc) is 2.36. The van der Waals surface area contributed by atoms with Crippen LogP contribution in [0.3, 0.4) is 0 Å². The molecule has 0 aliphatic heterocycles. The number of halogens is 1. The lowest BCUT2D eigenvalue weighted by molar-refractivity contribution is 0.0218. The van der Waals surface area contributed by atoms with Gasteiger partial charge in [0, 0.05) is 23.4 Å². The van der Waals surface area contributed by atoms with Gasteiger partial charge in [-0.3, -0.25) is 0 Å². The zero-order valence-corrected chi connectivity index (χ0v) is 11.1. The normalized spacial score (nSPS) is 12.6. The van der Waals surface area contributed by atoms with Gasteiger partial charge in [-0.25, -0.2) is 4.39 Å². The molecule has 1 unspecified atom stereocenters. The number of benzene rings is 1. The van der Waals surface area contributed by atoms with Gasteiger partial charge >= 0.3 is 0 Å². The van der Waals surface area contributed by atoms with Crippen LogP contribution in [0.1, 0.15) is 0 Å². The Bertz CT molecular complexity index is 365. The summed E-state index contributed by atoms with van der Waals surface area (Å²) in [7, 11) is 1.59. The highest BCUT2D eigenvalue weighted by Crippen LogP contribution is 2.26. The quantitative estimate of drug-likeness (QED) is 0.428. The summed E-state index contributed by atoms with van der Waals surface area (Å²) in [5.74, 6) is 0.0678. The largest absolute Gasteiger partial charge is 0.398 e. The second-order valence-corrected chi connectivity index (χ2v) is 4.78. The first-order chi connectivity index (χ1) is 8.63. The lowest BCUT2D eigenvalue weighted by Crippen LogP contribution is -2.19. The molecule has 0 spiro atoms. The van der Waals surface area contributed by atoms with E-state index >= 15 is 0 Å². The zero-order chi connectivity index (χ0) is 13.4. The van der Waals surface area contributed by atoms with E-state index in [1.165, 1.54) is 30.0 Å². The van der Waals surface area contributed by atoms with Crippen LogP contribution >= 0.6 is 11.8 Å². The molecular weight excluding hydrogens is 257 g/mol. The Morgan fingerprint density at radius 3 is 2.94 bits per heavy atom. The maximum Gasteiger partial charge on any atom is 0.124 e. The first-order valence-electron chi connectivity index (χ1n) is 5.56. The van der Waals surface area contributed by atoms with Crippen LogP contribution in [-0.4, -0.2) is 43.9 Å². The fraction of sp³-hybridized carbons (Fsp3) is 0.500. The summed E-state index contributed by atoms with van der Waals surface area (Å²) in [6, 6.07) is 4.18. The van der Waals surface area contributed by atoms with E-state index in [1.54, 1.807) is 7.11 Å². The van der Waals surface area contributed by atoms with Gasteiger partial charge in [0.05, 0.1) is 25.9 Å². The lowest BCUT2D eigenvalue weighted by atomic mass is 10.3. The highest BCUT2D eigenvalue weighted by Gasteiger charge is 2.08. The predicted molar refractivity (Wildman–Crippen MR) is 70.2 cm³/mol. The lowest BCUT2D eigenvalue weighted by Gasteiger charge is -2.11. The van der Waals surface area contributed by atoms with E-state index in [0.29, 0.717) is 29.5 Å². The van der Waals surface area contributed by atoms with Gasteiger partial charge in [0.25, 0.3) is 0 Å². The Hall–Kier alpha value is -0.820. The van der Waals surface area contributed by atoms with Gasteiger partial charge in [0.1, 0.15) is 5.82 Å². The van der Waals surface area contributed by atoms with E-state index in [-0.39, 0.29) is 12.4 Å². The van der Waals surface area contributed by atoms with Crippen LogP contribution in [-0.2, 0) is 9.47 Å². The van der Waals surface area contributed by atoms with E-state index in [9.17, 15) is 9.50 Å². The van der Waals surface area contributed by atoms with Crippen LogP contribution in [0.25, 0.3) is 0 Å². The second kappa shape index (κ2) is 8.31. The van der Waals surface area contributed by atoms with Crippen molar-refractivity contribution in [3.63, 3.8) is 0 Å². The highest BCUT2D eigenvalue weighted by atomic mass is 32.2. The molecule has 0 bridgehead atoms. The molecule has 18 heavy (non-hydrogen) atoms. The van der Waals surface area contributed by atoms with Gasteiger partial charge in [-0.15, -0.1) is 11.8 Å². The molecule has 0 heterocycles. The van der Waals surface area contributed by atoms with Crippen molar-refractivity contribution in [1.29, 1.82) is 0 Å². The van der Waals surface area contributed by atoms with Gasteiger partial charge in [0.2, 0.25) is 0 Å². The number of ether oxygens (including phenoxy) is 2. The molecule has 0 saturated carbocycles. The summed E-state index contributed by atoms with van der Waals surface area (Å²) < 4.78 is 23.0. The third-order valence-corrected chi connectivity index (χ3v) is 3.36. The van der Waals surface area contributed by atoms with E-state index in [2.05, 4.69) is 0 Å². The Kier molecular flexibility index (Phi) is 7.04. The van der Waals surface area contributed by atoms with Crippen molar-refractivity contribution in [1.82, 2.24) is 0 Å². The monoisotopic (exact) mass is 275 g/mol. The third-order valence-electron chi connectivity index (χ3n) is 2.15. The first-order valence-corrected chi connectivity index (χ1v) is 6.54. The molecule has 0 aromatic heterocycles. The predicted octanol–water partition coefficient (Wildman–Crippen LogP) is 1.52. The Balaban J connectivity index is 2.29. The fourth-order valence-electron chi connectivity index (χ4n) is 1.23. The molecule has 1 rings (SSSR count). The molecule has 102 valence electrons. The zero-order valence-electron chi connectivity index (χ0n) is 10.3. The Morgan fingerprint density at radius 2 is 2.22 bits per heavy atom. The molecule has 0 amide bonds. The number of thioether (sulfide) groups is 1. The Labute approximate surface area is 110 Å². The minimum atomic E-state index is -0.616. The molecule has 6 heteroatoms. The number of nitrogen functional groups attached to an aromatic ring is 1. The van der Waals surface area contributed by atoms with Crippen molar-refractivity contribution in [2.24, 2.45) is 0 Å². The maximum absolute atomic E-state index is 13.0. The third kappa shape index (κ3) is 5.68. The number of rotatable bonds is 8. The highest BCUT2D eigenvalue weighted by molar-refractivity contribution is 7.99. The van der Waals surface area contributed by atoms with Crippen molar-refractivity contribution in [3.05, 3.63) is 24.0 Å². The molecule has 0 fully saturated rings. The minimum Gasteiger partial charge on any atom is -0.398 e. The summed E-state index contributed by atoms with van der Waals surface area (Å²) in [5, 5.41) is 9.65. The fourth-order valence-corrected chi connectivity index (χ4v) is 2.13. The molecular formula is C12H18FNO3S. The van der Waals surface area contributed by atoms with Crippen LogP contribution in [0.5, 0.6) is 0 Å². The SMILES string of the molecule is COCCOCC(O)CSc1cc(F)ccc1N. The number of hydrogen-bond donors (Lipinski definition) is 2. The van der Waals surface area contributed by atoms with Crippen molar-refractivity contribution >= 4 is 17.4 Å². The van der Waals surface area contributed by atoms with Crippen LogP contribution in [0.4, 0.5) is 10.1 Å². The number of anilines is 1. The summed E-state index contributed by atoms with van der Waals surface area (Å²) in [6.07, 6.45) is -0.616. The van der Waals surface area contributed by atoms with E-state index < -0.39 is 6.10 Å². The first kappa shape index (κ1) is 15.2. The second-order valence-electron chi connectivity index (χ2n) is 3.71. The topological polar surface area (TPSA) is 64.7 Å². The summed E-state index contributed by atoms with van der Waals surface area (Å²) in [4.78, 5) is 0.631. The summed E-state index contributed by atoms with van der Waals surface area (Å²) in [6.45, 7) is 1.17. The number of nitrogens with two attached hydrogens (primary N) is 1. The van der Waals surface area contributed by atoms with Crippen LogP contribution in [0.15, 0.2) is 23.1 Å². The van der Waals surface area contributed by atoms with Crippen LogP contribution < -0.4 is 5.73 Å². The molecule has 4 nitrogen and oxygen atoms in total. The van der Waals surface area contributed by atoms with Crippen molar-refractivity contribution in [3.8, 4) is 0 Å². The smallest absolute Gasteiger partial charge is 0.124 e. The maximum atomic E-state index is 13.0. The molecule has 3 N–H and O–H groups in total. The molecule has 1 aromatic rings. The van der Waals surface area contributed by atoms with E-state index in [0.717, 1.165) is 0 Å². The number of aliphatic hydroxyl groups excluding tert-OH is 1.